The van der Waals surface area contributed by atoms with Crippen LogP contribution in [0.4, 0.5) is 11.4 Å². The quantitative estimate of drug-likeness (QED) is 0.597. The van der Waals surface area contributed by atoms with Crippen molar-refractivity contribution in [2.75, 3.05) is 18.4 Å². The molecule has 0 aliphatic carbocycles. The van der Waals surface area contributed by atoms with Crippen LogP contribution in [0.15, 0.2) is 18.2 Å². The summed E-state index contributed by atoms with van der Waals surface area (Å²) >= 11 is 0. The van der Waals surface area contributed by atoms with E-state index in [9.17, 15) is 14.9 Å². The summed E-state index contributed by atoms with van der Waals surface area (Å²) in [4.78, 5) is 21.6. The van der Waals surface area contributed by atoms with E-state index in [-0.39, 0.29) is 18.1 Å². The summed E-state index contributed by atoms with van der Waals surface area (Å²) in [5.74, 6) is -0.0899. The molecule has 1 rings (SSSR count). The maximum Gasteiger partial charge on any atom is 0.272 e. The molecular weight excluding hydrogens is 234 g/mol. The minimum absolute atomic E-state index is 0.0796. The average molecular weight is 251 g/mol. The van der Waals surface area contributed by atoms with Crippen molar-refractivity contribution < 1.29 is 9.72 Å². The highest BCUT2D eigenvalue weighted by molar-refractivity contribution is 5.80. The lowest BCUT2D eigenvalue weighted by Gasteiger charge is -2.07. The molecule has 0 aromatic heterocycles. The van der Waals surface area contributed by atoms with Gasteiger partial charge in [-0.1, -0.05) is 6.92 Å². The Labute approximate surface area is 106 Å². The molecule has 6 nitrogen and oxygen atoms in total. The summed E-state index contributed by atoms with van der Waals surface area (Å²) in [6.45, 7) is 4.46. The van der Waals surface area contributed by atoms with Crippen molar-refractivity contribution in [1.82, 2.24) is 5.32 Å². The molecule has 1 aromatic carbocycles. The fourth-order valence-electron chi connectivity index (χ4n) is 1.48. The Morgan fingerprint density at radius 1 is 1.44 bits per heavy atom. The van der Waals surface area contributed by atoms with Crippen LogP contribution < -0.4 is 10.6 Å². The lowest BCUT2D eigenvalue weighted by molar-refractivity contribution is -0.385. The third-order valence-electron chi connectivity index (χ3n) is 2.42. The predicted octanol–water partition coefficient (Wildman–Crippen LogP) is 1.84. The molecule has 1 amide bonds. The number of benzene rings is 1. The van der Waals surface area contributed by atoms with Crippen molar-refractivity contribution in [2.45, 2.75) is 20.3 Å². The highest BCUT2D eigenvalue weighted by Gasteiger charge is 2.10. The summed E-state index contributed by atoms with van der Waals surface area (Å²) in [6, 6.07) is 4.69. The van der Waals surface area contributed by atoms with E-state index in [0.29, 0.717) is 17.8 Å². The molecule has 0 aliphatic rings. The second kappa shape index (κ2) is 6.58. The van der Waals surface area contributed by atoms with E-state index in [1.807, 2.05) is 6.92 Å². The van der Waals surface area contributed by atoms with Gasteiger partial charge in [-0.2, -0.15) is 0 Å². The van der Waals surface area contributed by atoms with Gasteiger partial charge in [-0.3, -0.25) is 14.9 Å². The van der Waals surface area contributed by atoms with E-state index in [1.165, 1.54) is 6.07 Å². The minimum atomic E-state index is -0.424. The summed E-state index contributed by atoms with van der Waals surface area (Å²) in [6.07, 6.45) is 0.891. The molecule has 0 unspecified atom stereocenters. The Kier molecular flexibility index (Phi) is 5.10. The fraction of sp³-hybridized carbons (Fsp3) is 0.417. The van der Waals surface area contributed by atoms with Gasteiger partial charge >= 0.3 is 0 Å². The van der Waals surface area contributed by atoms with Crippen molar-refractivity contribution in [3.8, 4) is 0 Å². The predicted molar refractivity (Wildman–Crippen MR) is 69.6 cm³/mol. The number of carbonyl (C=O) groups is 1. The molecule has 98 valence electrons. The van der Waals surface area contributed by atoms with Crippen LogP contribution >= 0.6 is 0 Å². The first-order valence-electron chi connectivity index (χ1n) is 5.80. The normalized spacial score (nSPS) is 9.89. The van der Waals surface area contributed by atoms with Crippen molar-refractivity contribution >= 4 is 17.3 Å². The molecule has 1 aromatic rings. The first-order valence-corrected chi connectivity index (χ1v) is 5.80. The van der Waals surface area contributed by atoms with Gasteiger partial charge in [0, 0.05) is 23.9 Å². The Morgan fingerprint density at radius 2 is 2.17 bits per heavy atom. The van der Waals surface area contributed by atoms with Gasteiger partial charge in [-0.15, -0.1) is 0 Å². The minimum Gasteiger partial charge on any atom is -0.376 e. The van der Waals surface area contributed by atoms with Crippen molar-refractivity contribution in [3.05, 3.63) is 33.9 Å². The molecule has 0 radical (unpaired) electrons. The number of hydrogen-bond acceptors (Lipinski definition) is 4. The molecule has 0 fully saturated rings. The van der Waals surface area contributed by atoms with Crippen molar-refractivity contribution in [1.29, 1.82) is 0 Å². The van der Waals surface area contributed by atoms with E-state index in [2.05, 4.69) is 10.6 Å². The van der Waals surface area contributed by atoms with Crippen LogP contribution in [0, 0.1) is 17.0 Å². The molecule has 0 spiro atoms. The number of aryl methyl sites for hydroxylation is 1. The van der Waals surface area contributed by atoms with Crippen LogP contribution in [0.25, 0.3) is 0 Å². The first kappa shape index (κ1) is 14.0. The van der Waals surface area contributed by atoms with E-state index in [0.717, 1.165) is 6.42 Å². The molecule has 0 atom stereocenters. The maximum absolute atomic E-state index is 11.4. The van der Waals surface area contributed by atoms with Gasteiger partial charge < -0.3 is 10.6 Å². The van der Waals surface area contributed by atoms with Crippen LogP contribution in [0.3, 0.4) is 0 Å². The zero-order valence-electron chi connectivity index (χ0n) is 10.5. The maximum atomic E-state index is 11.4. The van der Waals surface area contributed by atoms with Gasteiger partial charge in [0.2, 0.25) is 5.91 Å². The standard InChI is InChI=1S/C12H17N3O3/c1-3-6-13-12(16)8-14-10-4-5-11(15(17)18)9(2)7-10/h4-5,7,14H,3,6,8H2,1-2H3,(H,13,16). The Balaban J connectivity index is 2.56. The molecule has 0 saturated heterocycles. The largest absolute Gasteiger partial charge is 0.376 e. The van der Waals surface area contributed by atoms with E-state index in [1.54, 1.807) is 19.1 Å². The topological polar surface area (TPSA) is 84.3 Å². The molecule has 0 aliphatic heterocycles. The van der Waals surface area contributed by atoms with Crippen LogP contribution in [0.5, 0.6) is 0 Å². The SMILES string of the molecule is CCCNC(=O)CNc1ccc([N+](=O)[O-])c(C)c1. The zero-order valence-corrected chi connectivity index (χ0v) is 10.5. The lowest BCUT2D eigenvalue weighted by atomic mass is 10.2. The molecule has 0 heterocycles. The summed E-state index contributed by atoms with van der Waals surface area (Å²) in [7, 11) is 0. The number of hydrogen-bond donors (Lipinski definition) is 2. The number of nitrogens with zero attached hydrogens (tertiary/aromatic N) is 1. The number of nitro groups is 1. The van der Waals surface area contributed by atoms with Crippen LogP contribution in [0.2, 0.25) is 0 Å². The smallest absolute Gasteiger partial charge is 0.272 e. The summed E-state index contributed by atoms with van der Waals surface area (Å²) < 4.78 is 0. The number of anilines is 1. The van der Waals surface area contributed by atoms with Crippen LogP contribution in [-0.2, 0) is 4.79 Å². The van der Waals surface area contributed by atoms with E-state index in [4.69, 9.17) is 0 Å². The number of rotatable bonds is 6. The van der Waals surface area contributed by atoms with Gasteiger partial charge in [0.05, 0.1) is 11.5 Å². The highest BCUT2D eigenvalue weighted by Crippen LogP contribution is 2.21. The van der Waals surface area contributed by atoms with Gasteiger partial charge in [0.15, 0.2) is 0 Å². The second-order valence-electron chi connectivity index (χ2n) is 3.96. The molecular formula is C12H17N3O3. The van der Waals surface area contributed by atoms with Crippen molar-refractivity contribution in [3.63, 3.8) is 0 Å². The Morgan fingerprint density at radius 3 is 2.72 bits per heavy atom. The first-order chi connectivity index (χ1) is 8.54. The van der Waals surface area contributed by atoms with Crippen molar-refractivity contribution in [2.24, 2.45) is 0 Å². The molecule has 18 heavy (non-hydrogen) atoms. The van der Waals surface area contributed by atoms with Crippen LogP contribution in [0.1, 0.15) is 18.9 Å². The third-order valence-corrected chi connectivity index (χ3v) is 2.42. The average Bonchev–Trinajstić information content (AvgIpc) is 2.33. The fourth-order valence-corrected chi connectivity index (χ4v) is 1.48. The van der Waals surface area contributed by atoms with Gasteiger partial charge in [0.25, 0.3) is 5.69 Å². The zero-order chi connectivity index (χ0) is 13.5. The summed E-state index contributed by atoms with van der Waals surface area (Å²) in [5.41, 5.74) is 1.35. The number of nitro benzene ring substituents is 1. The van der Waals surface area contributed by atoms with E-state index < -0.39 is 4.92 Å². The lowest BCUT2D eigenvalue weighted by Crippen LogP contribution is -2.30. The van der Waals surface area contributed by atoms with Gasteiger partial charge in [0.1, 0.15) is 0 Å². The monoisotopic (exact) mass is 251 g/mol. The molecule has 0 saturated carbocycles. The van der Waals surface area contributed by atoms with E-state index >= 15 is 0 Å². The third kappa shape index (κ3) is 4.04. The number of nitrogens with one attached hydrogen (secondary N) is 2. The molecule has 6 heteroatoms. The highest BCUT2D eigenvalue weighted by atomic mass is 16.6. The Bertz CT molecular complexity index is 446. The second-order valence-corrected chi connectivity index (χ2v) is 3.96. The molecule has 2 N–H and O–H groups in total. The summed E-state index contributed by atoms with van der Waals surface area (Å²) in [5, 5.41) is 16.3. The number of amides is 1. The molecule has 0 bridgehead atoms. The van der Waals surface area contributed by atoms with Crippen LogP contribution in [-0.4, -0.2) is 23.9 Å². The van der Waals surface area contributed by atoms with Gasteiger partial charge in [-0.25, -0.2) is 0 Å². The van der Waals surface area contributed by atoms with Gasteiger partial charge in [-0.05, 0) is 25.5 Å². The Hall–Kier alpha value is -2.11. The number of carbonyl (C=O) groups excluding carboxylic acids is 1.